The lowest BCUT2D eigenvalue weighted by atomic mass is 9.96. The highest BCUT2D eigenvalue weighted by Gasteiger charge is 2.23. The van der Waals surface area contributed by atoms with E-state index < -0.39 is 0 Å². The van der Waals surface area contributed by atoms with E-state index >= 15 is 0 Å². The first-order chi connectivity index (χ1) is 9.42. The summed E-state index contributed by atoms with van der Waals surface area (Å²) < 4.78 is 0. The molecule has 4 heteroatoms. The van der Waals surface area contributed by atoms with Gasteiger partial charge in [0.15, 0.2) is 0 Å². The van der Waals surface area contributed by atoms with Crippen molar-refractivity contribution >= 4 is 11.6 Å². The lowest BCUT2D eigenvalue weighted by molar-refractivity contribution is 0.0918. The zero-order chi connectivity index (χ0) is 14.8. The normalized spacial score (nSPS) is 14.7. The van der Waals surface area contributed by atoms with Crippen molar-refractivity contribution in [1.82, 2.24) is 10.2 Å². The second-order valence-electron chi connectivity index (χ2n) is 6.25. The summed E-state index contributed by atoms with van der Waals surface area (Å²) in [6.45, 7) is 5.87. The number of carbonyl (C=O) groups is 1. The molecule has 0 saturated heterocycles. The summed E-state index contributed by atoms with van der Waals surface area (Å²) >= 11 is 0. The molecule has 0 aromatic heterocycles. The van der Waals surface area contributed by atoms with Crippen LogP contribution in [-0.4, -0.2) is 43.5 Å². The van der Waals surface area contributed by atoms with Gasteiger partial charge in [-0.2, -0.15) is 0 Å². The van der Waals surface area contributed by atoms with E-state index in [0.717, 1.165) is 36.2 Å². The van der Waals surface area contributed by atoms with Gasteiger partial charge in [0.2, 0.25) is 0 Å². The highest BCUT2D eigenvalue weighted by Crippen LogP contribution is 2.25. The van der Waals surface area contributed by atoms with Gasteiger partial charge in [-0.1, -0.05) is 6.07 Å². The molecule has 1 aliphatic heterocycles. The molecule has 0 atom stereocenters. The molecule has 0 saturated carbocycles. The number of nitrogens with zero attached hydrogens (tertiary/aromatic N) is 1. The zero-order valence-corrected chi connectivity index (χ0v) is 12.9. The van der Waals surface area contributed by atoms with Crippen LogP contribution in [0.2, 0.25) is 0 Å². The third-order valence-corrected chi connectivity index (χ3v) is 4.23. The van der Waals surface area contributed by atoms with Crippen LogP contribution in [0.5, 0.6) is 0 Å². The first-order valence-electron chi connectivity index (χ1n) is 7.23. The van der Waals surface area contributed by atoms with E-state index in [0.29, 0.717) is 6.54 Å². The molecule has 1 aromatic carbocycles. The minimum atomic E-state index is -0.0528. The van der Waals surface area contributed by atoms with Gasteiger partial charge in [-0.25, -0.2) is 0 Å². The van der Waals surface area contributed by atoms with E-state index in [1.54, 1.807) is 0 Å². The number of likely N-dealkylation sites (N-methyl/N-ethyl adjacent to an activating group) is 1. The van der Waals surface area contributed by atoms with Gasteiger partial charge in [0.1, 0.15) is 0 Å². The van der Waals surface area contributed by atoms with Crippen LogP contribution in [-0.2, 0) is 6.42 Å². The van der Waals surface area contributed by atoms with Gasteiger partial charge in [-0.15, -0.1) is 0 Å². The monoisotopic (exact) mass is 275 g/mol. The number of rotatable bonds is 4. The van der Waals surface area contributed by atoms with Crippen molar-refractivity contribution in [3.8, 4) is 0 Å². The van der Waals surface area contributed by atoms with Crippen molar-refractivity contribution in [2.45, 2.75) is 32.2 Å². The molecule has 1 aliphatic rings. The standard InChI is InChI=1S/C16H25N3O/c1-16(2,19(3)4)11-18-15(20)13-7-5-9-14-12(13)8-6-10-17-14/h5,7,9,17H,6,8,10-11H2,1-4H3,(H,18,20). The Labute approximate surface area is 121 Å². The molecule has 1 heterocycles. The maximum Gasteiger partial charge on any atom is 0.251 e. The molecule has 4 nitrogen and oxygen atoms in total. The summed E-state index contributed by atoms with van der Waals surface area (Å²) in [7, 11) is 4.06. The highest BCUT2D eigenvalue weighted by molar-refractivity contribution is 5.97. The Balaban J connectivity index is 2.10. The van der Waals surface area contributed by atoms with Crippen molar-refractivity contribution in [1.29, 1.82) is 0 Å². The topological polar surface area (TPSA) is 44.4 Å². The van der Waals surface area contributed by atoms with Crippen LogP contribution in [0, 0.1) is 0 Å². The fourth-order valence-electron chi connectivity index (χ4n) is 2.27. The van der Waals surface area contributed by atoms with E-state index in [9.17, 15) is 4.79 Å². The quantitative estimate of drug-likeness (QED) is 0.884. The Morgan fingerprint density at radius 3 is 2.85 bits per heavy atom. The number of nitrogens with one attached hydrogen (secondary N) is 2. The van der Waals surface area contributed by atoms with Crippen molar-refractivity contribution < 1.29 is 4.79 Å². The van der Waals surface area contributed by atoms with E-state index in [4.69, 9.17) is 0 Å². The van der Waals surface area contributed by atoms with E-state index in [1.807, 2.05) is 26.2 Å². The van der Waals surface area contributed by atoms with Crippen LogP contribution in [0.25, 0.3) is 0 Å². The molecule has 0 unspecified atom stereocenters. The Kier molecular flexibility index (Phi) is 4.33. The smallest absolute Gasteiger partial charge is 0.251 e. The van der Waals surface area contributed by atoms with Gasteiger partial charge in [-0.05, 0) is 58.5 Å². The molecule has 110 valence electrons. The number of amides is 1. The first-order valence-corrected chi connectivity index (χ1v) is 7.23. The Bertz CT molecular complexity index is 494. The molecule has 0 fully saturated rings. The van der Waals surface area contributed by atoms with Crippen LogP contribution in [0.1, 0.15) is 36.2 Å². The number of hydrogen-bond acceptors (Lipinski definition) is 3. The zero-order valence-electron chi connectivity index (χ0n) is 12.9. The van der Waals surface area contributed by atoms with Gasteiger partial charge in [0.05, 0.1) is 0 Å². The molecule has 1 aromatic rings. The Morgan fingerprint density at radius 2 is 2.15 bits per heavy atom. The van der Waals surface area contributed by atoms with Crippen LogP contribution < -0.4 is 10.6 Å². The molecule has 0 radical (unpaired) electrons. The molecular formula is C16H25N3O. The summed E-state index contributed by atoms with van der Waals surface area (Å²) in [6, 6.07) is 5.92. The second kappa shape index (κ2) is 5.83. The van der Waals surface area contributed by atoms with Crippen molar-refractivity contribution in [2.75, 3.05) is 32.5 Å². The lowest BCUT2D eigenvalue weighted by Crippen LogP contribution is -2.48. The summed E-state index contributed by atoms with van der Waals surface area (Å²) in [4.78, 5) is 14.5. The van der Waals surface area contributed by atoms with Crippen molar-refractivity contribution in [3.05, 3.63) is 29.3 Å². The van der Waals surface area contributed by atoms with E-state index in [2.05, 4.69) is 35.4 Å². The average molecular weight is 275 g/mol. The minimum absolute atomic E-state index is 0.0282. The lowest BCUT2D eigenvalue weighted by Gasteiger charge is -2.32. The molecule has 1 amide bonds. The molecule has 0 spiro atoms. The molecule has 0 bridgehead atoms. The number of fused-ring (bicyclic) bond motifs is 1. The number of anilines is 1. The molecule has 20 heavy (non-hydrogen) atoms. The Morgan fingerprint density at radius 1 is 1.40 bits per heavy atom. The average Bonchev–Trinajstić information content (AvgIpc) is 2.44. The van der Waals surface area contributed by atoms with Crippen LogP contribution in [0.15, 0.2) is 18.2 Å². The first kappa shape index (κ1) is 14.9. The molecule has 0 aliphatic carbocycles. The van der Waals surface area contributed by atoms with E-state index in [-0.39, 0.29) is 11.4 Å². The molecule has 2 rings (SSSR count). The SMILES string of the molecule is CN(C)C(C)(C)CNC(=O)c1cccc2c1CCCN2. The molecular weight excluding hydrogens is 250 g/mol. The van der Waals surface area contributed by atoms with Crippen molar-refractivity contribution in [2.24, 2.45) is 0 Å². The third kappa shape index (κ3) is 3.12. The third-order valence-electron chi connectivity index (χ3n) is 4.23. The summed E-state index contributed by atoms with van der Waals surface area (Å²) in [6.07, 6.45) is 2.06. The largest absolute Gasteiger partial charge is 0.385 e. The van der Waals surface area contributed by atoms with Crippen LogP contribution in [0.3, 0.4) is 0 Å². The van der Waals surface area contributed by atoms with Crippen molar-refractivity contribution in [3.63, 3.8) is 0 Å². The van der Waals surface area contributed by atoms with Gasteiger partial charge >= 0.3 is 0 Å². The second-order valence-corrected chi connectivity index (χ2v) is 6.25. The maximum absolute atomic E-state index is 12.4. The minimum Gasteiger partial charge on any atom is -0.385 e. The number of benzene rings is 1. The predicted octanol–water partition coefficient (Wildman–Crippen LogP) is 2.11. The van der Waals surface area contributed by atoms with Gasteiger partial charge in [0, 0.05) is 29.9 Å². The summed E-state index contributed by atoms with van der Waals surface area (Å²) in [5.41, 5.74) is 3.02. The van der Waals surface area contributed by atoms with Gasteiger partial charge < -0.3 is 15.5 Å². The number of hydrogen-bond donors (Lipinski definition) is 2. The highest BCUT2D eigenvalue weighted by atomic mass is 16.1. The summed E-state index contributed by atoms with van der Waals surface area (Å²) in [5.74, 6) is 0.0282. The Hall–Kier alpha value is -1.55. The molecule has 2 N–H and O–H groups in total. The van der Waals surface area contributed by atoms with E-state index in [1.165, 1.54) is 0 Å². The van der Waals surface area contributed by atoms with Crippen LogP contribution in [0.4, 0.5) is 5.69 Å². The predicted molar refractivity (Wildman–Crippen MR) is 83.4 cm³/mol. The van der Waals surface area contributed by atoms with Gasteiger partial charge in [0.25, 0.3) is 5.91 Å². The van der Waals surface area contributed by atoms with Crippen LogP contribution >= 0.6 is 0 Å². The van der Waals surface area contributed by atoms with Gasteiger partial charge in [-0.3, -0.25) is 4.79 Å². The fraction of sp³-hybridized carbons (Fsp3) is 0.562. The fourth-order valence-corrected chi connectivity index (χ4v) is 2.27. The summed E-state index contributed by atoms with van der Waals surface area (Å²) in [5, 5.41) is 6.42. The number of carbonyl (C=O) groups excluding carboxylic acids is 1. The maximum atomic E-state index is 12.4.